The van der Waals surface area contributed by atoms with Crippen molar-refractivity contribution in [2.75, 3.05) is 12.4 Å². The third kappa shape index (κ3) is 3.45. The standard InChI is InChI=1S/C14H20O5S/c1-2-20-14-12(17)11(16)13(10(8-15)19-14)18-9-6-4-3-5-7-9/h3-7,10-17H,2,8H2,1H3. The topological polar surface area (TPSA) is 79.2 Å². The number of hydrogen-bond acceptors (Lipinski definition) is 6. The van der Waals surface area contributed by atoms with Gasteiger partial charge in [0.15, 0.2) is 6.10 Å². The maximum Gasteiger partial charge on any atom is 0.155 e. The van der Waals surface area contributed by atoms with E-state index in [2.05, 4.69) is 0 Å². The number of benzene rings is 1. The van der Waals surface area contributed by atoms with Gasteiger partial charge in [-0.25, -0.2) is 0 Å². The molecule has 1 aromatic rings. The zero-order valence-electron chi connectivity index (χ0n) is 11.3. The molecule has 5 unspecified atom stereocenters. The number of aliphatic hydroxyl groups excluding tert-OH is 3. The van der Waals surface area contributed by atoms with Crippen LogP contribution in [0.3, 0.4) is 0 Å². The van der Waals surface area contributed by atoms with Crippen LogP contribution in [0.15, 0.2) is 30.3 Å². The van der Waals surface area contributed by atoms with Crippen molar-refractivity contribution in [3.63, 3.8) is 0 Å². The van der Waals surface area contributed by atoms with Crippen LogP contribution in [0, 0.1) is 0 Å². The molecule has 0 aromatic heterocycles. The fraction of sp³-hybridized carbons (Fsp3) is 0.571. The van der Waals surface area contributed by atoms with Crippen LogP contribution in [0.5, 0.6) is 5.75 Å². The molecule has 1 fully saturated rings. The van der Waals surface area contributed by atoms with Crippen LogP contribution >= 0.6 is 11.8 Å². The molecule has 0 saturated carbocycles. The molecular formula is C14H20O5S. The van der Waals surface area contributed by atoms with E-state index in [1.165, 1.54) is 11.8 Å². The van der Waals surface area contributed by atoms with Crippen LogP contribution in [0.2, 0.25) is 0 Å². The number of hydrogen-bond donors (Lipinski definition) is 3. The molecule has 0 aliphatic carbocycles. The van der Waals surface area contributed by atoms with Crippen molar-refractivity contribution >= 4 is 11.8 Å². The fourth-order valence-electron chi connectivity index (χ4n) is 2.16. The van der Waals surface area contributed by atoms with Gasteiger partial charge >= 0.3 is 0 Å². The average molecular weight is 300 g/mol. The van der Waals surface area contributed by atoms with Gasteiger partial charge in [-0.2, -0.15) is 0 Å². The number of rotatable bonds is 5. The fourth-order valence-corrected chi connectivity index (χ4v) is 3.06. The highest BCUT2D eigenvalue weighted by Crippen LogP contribution is 2.30. The Bertz CT molecular complexity index is 400. The summed E-state index contributed by atoms with van der Waals surface area (Å²) in [7, 11) is 0. The van der Waals surface area contributed by atoms with Crippen molar-refractivity contribution in [1.82, 2.24) is 0 Å². The minimum absolute atomic E-state index is 0.276. The Morgan fingerprint density at radius 2 is 1.90 bits per heavy atom. The summed E-state index contributed by atoms with van der Waals surface area (Å²) in [5, 5.41) is 29.7. The van der Waals surface area contributed by atoms with Gasteiger partial charge in [0.1, 0.15) is 29.5 Å². The molecule has 5 nitrogen and oxygen atoms in total. The lowest BCUT2D eigenvalue weighted by atomic mass is 10.00. The number of para-hydroxylation sites is 1. The monoisotopic (exact) mass is 300 g/mol. The van der Waals surface area contributed by atoms with Gasteiger partial charge in [-0.1, -0.05) is 25.1 Å². The molecule has 1 heterocycles. The molecule has 3 N–H and O–H groups in total. The van der Waals surface area contributed by atoms with E-state index < -0.39 is 29.9 Å². The van der Waals surface area contributed by atoms with Gasteiger partial charge in [0.05, 0.1) is 6.61 Å². The Labute approximate surface area is 122 Å². The summed E-state index contributed by atoms with van der Waals surface area (Å²) < 4.78 is 11.3. The van der Waals surface area contributed by atoms with Gasteiger partial charge < -0.3 is 24.8 Å². The smallest absolute Gasteiger partial charge is 0.155 e. The van der Waals surface area contributed by atoms with Crippen molar-refractivity contribution in [2.24, 2.45) is 0 Å². The summed E-state index contributed by atoms with van der Waals surface area (Å²) >= 11 is 1.39. The normalized spacial score (nSPS) is 33.9. The first-order valence-electron chi connectivity index (χ1n) is 6.63. The summed E-state index contributed by atoms with van der Waals surface area (Å²) in [6.45, 7) is 1.66. The summed E-state index contributed by atoms with van der Waals surface area (Å²) in [5.74, 6) is 1.31. The molecule has 6 heteroatoms. The second-order valence-corrected chi connectivity index (χ2v) is 5.93. The Balaban J connectivity index is 2.10. The van der Waals surface area contributed by atoms with Crippen LogP contribution in [-0.2, 0) is 4.74 Å². The first kappa shape index (κ1) is 15.6. The molecular weight excluding hydrogens is 280 g/mol. The lowest BCUT2D eigenvalue weighted by molar-refractivity contribution is -0.198. The summed E-state index contributed by atoms with van der Waals surface area (Å²) in [4.78, 5) is 0. The van der Waals surface area contributed by atoms with Gasteiger partial charge in [-0.15, -0.1) is 11.8 Å². The molecule has 0 spiro atoms. The maximum atomic E-state index is 10.2. The summed E-state index contributed by atoms with van der Waals surface area (Å²) in [6.07, 6.45) is -3.62. The third-order valence-corrected chi connectivity index (χ3v) is 4.22. The SMILES string of the molecule is CCSC1OC(CO)C(Oc2ccccc2)C(O)C1O. The molecule has 112 valence electrons. The second kappa shape index (κ2) is 7.28. The second-order valence-electron chi connectivity index (χ2n) is 4.56. The predicted molar refractivity (Wildman–Crippen MR) is 76.8 cm³/mol. The Morgan fingerprint density at radius 3 is 2.50 bits per heavy atom. The van der Waals surface area contributed by atoms with Crippen molar-refractivity contribution in [1.29, 1.82) is 0 Å². The van der Waals surface area contributed by atoms with E-state index in [0.29, 0.717) is 5.75 Å². The lowest BCUT2D eigenvalue weighted by Crippen LogP contribution is -2.59. The van der Waals surface area contributed by atoms with Gasteiger partial charge in [0.25, 0.3) is 0 Å². The van der Waals surface area contributed by atoms with Gasteiger partial charge in [-0.05, 0) is 17.9 Å². The maximum absolute atomic E-state index is 10.2. The molecule has 0 bridgehead atoms. The van der Waals surface area contributed by atoms with Crippen molar-refractivity contribution in [2.45, 2.75) is 36.8 Å². The Hall–Kier alpha value is -0.790. The van der Waals surface area contributed by atoms with Crippen molar-refractivity contribution in [3.8, 4) is 5.75 Å². The van der Waals surface area contributed by atoms with Gasteiger partial charge in [0.2, 0.25) is 0 Å². The molecule has 1 aliphatic heterocycles. The van der Waals surface area contributed by atoms with E-state index in [1.807, 2.05) is 25.1 Å². The quantitative estimate of drug-likeness (QED) is 0.740. The minimum atomic E-state index is -1.11. The highest BCUT2D eigenvalue weighted by molar-refractivity contribution is 7.99. The van der Waals surface area contributed by atoms with E-state index in [0.717, 1.165) is 5.75 Å². The average Bonchev–Trinajstić information content (AvgIpc) is 2.48. The number of aliphatic hydroxyl groups is 3. The molecule has 1 aromatic carbocycles. The van der Waals surface area contributed by atoms with Crippen LogP contribution in [0.25, 0.3) is 0 Å². The van der Waals surface area contributed by atoms with Crippen LogP contribution in [-0.4, -0.2) is 57.5 Å². The van der Waals surface area contributed by atoms with E-state index in [9.17, 15) is 15.3 Å². The predicted octanol–water partition coefficient (Wildman–Crippen LogP) is 0.626. The van der Waals surface area contributed by atoms with Crippen LogP contribution in [0.1, 0.15) is 6.92 Å². The Kier molecular flexibility index (Phi) is 5.68. The molecule has 5 atom stereocenters. The highest BCUT2D eigenvalue weighted by atomic mass is 32.2. The number of ether oxygens (including phenoxy) is 2. The van der Waals surface area contributed by atoms with E-state index in [1.54, 1.807) is 12.1 Å². The van der Waals surface area contributed by atoms with Gasteiger partial charge in [0, 0.05) is 0 Å². The van der Waals surface area contributed by atoms with E-state index in [-0.39, 0.29) is 6.61 Å². The molecule has 0 amide bonds. The zero-order valence-corrected chi connectivity index (χ0v) is 12.1. The Morgan fingerprint density at radius 1 is 1.20 bits per heavy atom. The van der Waals surface area contributed by atoms with E-state index in [4.69, 9.17) is 9.47 Å². The lowest BCUT2D eigenvalue weighted by Gasteiger charge is -2.41. The molecule has 20 heavy (non-hydrogen) atoms. The largest absolute Gasteiger partial charge is 0.485 e. The van der Waals surface area contributed by atoms with E-state index >= 15 is 0 Å². The molecule has 1 saturated heterocycles. The van der Waals surface area contributed by atoms with Crippen molar-refractivity contribution in [3.05, 3.63) is 30.3 Å². The van der Waals surface area contributed by atoms with Gasteiger partial charge in [-0.3, -0.25) is 0 Å². The minimum Gasteiger partial charge on any atom is -0.485 e. The van der Waals surface area contributed by atoms with Crippen LogP contribution < -0.4 is 4.74 Å². The van der Waals surface area contributed by atoms with Crippen molar-refractivity contribution < 1.29 is 24.8 Å². The van der Waals surface area contributed by atoms with Crippen LogP contribution in [0.4, 0.5) is 0 Å². The first-order valence-corrected chi connectivity index (χ1v) is 7.68. The molecule has 1 aliphatic rings. The summed E-state index contributed by atoms with van der Waals surface area (Å²) in [6, 6.07) is 8.98. The first-order chi connectivity index (χ1) is 9.67. The number of thioether (sulfide) groups is 1. The zero-order chi connectivity index (χ0) is 14.5. The third-order valence-electron chi connectivity index (χ3n) is 3.17. The molecule has 2 rings (SSSR count). The highest BCUT2D eigenvalue weighted by Gasteiger charge is 2.45. The summed E-state index contributed by atoms with van der Waals surface area (Å²) in [5.41, 5.74) is -0.553. The molecule has 0 radical (unpaired) electrons.